The number of alkyl halides is 3. The van der Waals surface area contributed by atoms with Crippen molar-refractivity contribution in [1.82, 2.24) is 10.3 Å². The van der Waals surface area contributed by atoms with Crippen LogP contribution in [-0.2, 0) is 12.7 Å². The van der Waals surface area contributed by atoms with Crippen molar-refractivity contribution in [1.29, 1.82) is 0 Å². The fourth-order valence-corrected chi connectivity index (χ4v) is 3.51. The summed E-state index contributed by atoms with van der Waals surface area (Å²) in [5, 5.41) is 6.82. The molecule has 0 unspecified atom stereocenters. The molecule has 6 N–H and O–H groups in total. The molecule has 0 aliphatic carbocycles. The number of ether oxygens (including phenoxy) is 1. The number of amides is 1. The molecule has 1 amide bonds. The van der Waals surface area contributed by atoms with Crippen LogP contribution in [0.15, 0.2) is 61.1 Å². The third-order valence-electron chi connectivity index (χ3n) is 5.47. The number of aryl methyl sites for hydroxylation is 1. The van der Waals surface area contributed by atoms with Crippen LogP contribution in [0.2, 0.25) is 0 Å². The molecule has 37 heavy (non-hydrogen) atoms. The fourth-order valence-electron chi connectivity index (χ4n) is 3.51. The van der Waals surface area contributed by atoms with Crippen LogP contribution in [-0.4, -0.2) is 24.5 Å². The zero-order chi connectivity index (χ0) is 27.2. The average Bonchev–Trinajstić information content (AvgIpc) is 2.86. The Kier molecular flexibility index (Phi) is 8.74. The summed E-state index contributed by atoms with van der Waals surface area (Å²) >= 11 is 0. The second-order valence-corrected chi connectivity index (χ2v) is 8.26. The minimum atomic E-state index is -4.55. The summed E-state index contributed by atoms with van der Waals surface area (Å²) < 4.78 is 45.4. The predicted octanol–water partition coefficient (Wildman–Crippen LogP) is 4.42. The number of aromatic nitrogens is 1. The van der Waals surface area contributed by atoms with E-state index in [4.69, 9.17) is 16.3 Å². The molecule has 0 bridgehead atoms. The van der Waals surface area contributed by atoms with Gasteiger partial charge < -0.3 is 21.1 Å². The first kappa shape index (κ1) is 27.5. The molecule has 196 valence electrons. The van der Waals surface area contributed by atoms with Crippen molar-refractivity contribution in [3.8, 4) is 5.75 Å². The number of halogens is 3. The monoisotopic (exact) mass is 514 g/mol. The number of rotatable bonds is 9. The van der Waals surface area contributed by atoms with Crippen LogP contribution < -0.4 is 32.0 Å². The van der Waals surface area contributed by atoms with Crippen molar-refractivity contribution in [3.05, 3.63) is 88.9 Å². The third-order valence-corrected chi connectivity index (χ3v) is 5.47. The number of carbonyl (C=O) groups is 1. The van der Waals surface area contributed by atoms with Crippen LogP contribution in [0.25, 0.3) is 5.70 Å². The second kappa shape index (κ2) is 11.8. The number of nitrogens with one attached hydrogen (secondary N) is 2. The largest absolute Gasteiger partial charge is 0.495 e. The van der Waals surface area contributed by atoms with E-state index in [-0.39, 0.29) is 17.8 Å². The molecular formula is C26H29F3N6O2. The van der Waals surface area contributed by atoms with Gasteiger partial charge in [-0.05, 0) is 61.0 Å². The molecule has 8 nitrogen and oxygen atoms in total. The van der Waals surface area contributed by atoms with E-state index in [2.05, 4.69) is 15.6 Å². The Bertz CT molecular complexity index is 1290. The van der Waals surface area contributed by atoms with Gasteiger partial charge in [-0.3, -0.25) is 14.8 Å². The van der Waals surface area contributed by atoms with E-state index in [9.17, 15) is 18.0 Å². The minimum Gasteiger partial charge on any atom is -0.495 e. The van der Waals surface area contributed by atoms with Gasteiger partial charge in [-0.15, -0.1) is 0 Å². The Labute approximate surface area is 213 Å². The third kappa shape index (κ3) is 7.21. The van der Waals surface area contributed by atoms with Crippen molar-refractivity contribution in [3.63, 3.8) is 0 Å². The van der Waals surface area contributed by atoms with Crippen LogP contribution in [0.3, 0.4) is 0 Å². The molecule has 1 aromatic heterocycles. The average molecular weight is 515 g/mol. The van der Waals surface area contributed by atoms with Gasteiger partial charge in [0.05, 0.1) is 30.3 Å². The summed E-state index contributed by atoms with van der Waals surface area (Å²) in [5.41, 5.74) is 8.08. The van der Waals surface area contributed by atoms with E-state index in [1.807, 2.05) is 6.92 Å². The zero-order valence-corrected chi connectivity index (χ0v) is 20.7. The highest BCUT2D eigenvalue weighted by atomic mass is 19.4. The molecule has 3 rings (SSSR count). The first-order valence-corrected chi connectivity index (χ1v) is 11.4. The quantitative estimate of drug-likeness (QED) is 0.247. The number of nitrogens with zero attached hydrogens (tertiary/aromatic N) is 2. The van der Waals surface area contributed by atoms with Crippen LogP contribution in [0, 0.1) is 6.92 Å². The lowest BCUT2D eigenvalue weighted by Gasteiger charge is -2.19. The Balaban J connectivity index is 1.86. The molecule has 3 aromatic rings. The number of hydrogen-bond acceptors (Lipinski definition) is 7. The molecule has 0 aliphatic heterocycles. The molecule has 0 spiro atoms. The number of hydrogen-bond donors (Lipinski definition) is 4. The van der Waals surface area contributed by atoms with Gasteiger partial charge in [-0.2, -0.15) is 13.2 Å². The SMILES string of the molecule is CCNCc1cc(NC(=O)c2ccc(C)c(N(N)/C=C(\N)c3cncc(OC)c3)c2)cc(C(F)(F)F)c1. The maximum absolute atomic E-state index is 13.4. The molecule has 0 fully saturated rings. The highest BCUT2D eigenvalue weighted by Gasteiger charge is 2.31. The number of pyridine rings is 1. The van der Waals surface area contributed by atoms with Gasteiger partial charge in [-0.1, -0.05) is 13.0 Å². The Morgan fingerprint density at radius 3 is 2.57 bits per heavy atom. The molecule has 0 saturated carbocycles. The van der Waals surface area contributed by atoms with Crippen LogP contribution in [0.1, 0.15) is 39.5 Å². The predicted molar refractivity (Wildman–Crippen MR) is 138 cm³/mol. The highest BCUT2D eigenvalue weighted by molar-refractivity contribution is 6.05. The van der Waals surface area contributed by atoms with Gasteiger partial charge in [0.15, 0.2) is 0 Å². The zero-order valence-electron chi connectivity index (χ0n) is 20.7. The van der Waals surface area contributed by atoms with Gasteiger partial charge in [0.2, 0.25) is 0 Å². The van der Waals surface area contributed by atoms with Crippen molar-refractivity contribution >= 4 is 23.0 Å². The summed E-state index contributed by atoms with van der Waals surface area (Å²) in [4.78, 5) is 17.0. The maximum Gasteiger partial charge on any atom is 0.416 e. The topological polar surface area (TPSA) is 119 Å². The van der Waals surface area contributed by atoms with E-state index in [1.165, 1.54) is 36.6 Å². The summed E-state index contributed by atoms with van der Waals surface area (Å²) in [5.74, 6) is 6.16. The Morgan fingerprint density at radius 1 is 1.14 bits per heavy atom. The molecule has 0 radical (unpaired) electrons. The first-order valence-electron chi connectivity index (χ1n) is 11.4. The first-order chi connectivity index (χ1) is 17.5. The Morgan fingerprint density at radius 2 is 1.89 bits per heavy atom. The fraction of sp³-hybridized carbons (Fsp3) is 0.231. The maximum atomic E-state index is 13.4. The highest BCUT2D eigenvalue weighted by Crippen LogP contribution is 2.32. The number of hydrazine groups is 1. The number of anilines is 2. The molecule has 11 heteroatoms. The summed E-state index contributed by atoms with van der Waals surface area (Å²) in [7, 11) is 1.51. The normalized spacial score (nSPS) is 11.8. The van der Waals surface area contributed by atoms with Crippen LogP contribution in [0.5, 0.6) is 5.75 Å². The lowest BCUT2D eigenvalue weighted by atomic mass is 10.1. The van der Waals surface area contributed by atoms with Gasteiger partial charge in [0.25, 0.3) is 5.91 Å². The lowest BCUT2D eigenvalue weighted by Crippen LogP contribution is -2.27. The van der Waals surface area contributed by atoms with Gasteiger partial charge >= 0.3 is 6.18 Å². The molecule has 2 aromatic carbocycles. The Hall–Kier alpha value is -4.09. The van der Waals surface area contributed by atoms with Crippen molar-refractivity contribution in [2.75, 3.05) is 24.0 Å². The second-order valence-electron chi connectivity index (χ2n) is 8.26. The van der Waals surface area contributed by atoms with Crippen molar-refractivity contribution < 1.29 is 22.7 Å². The number of nitrogens with two attached hydrogens (primary N) is 2. The van der Waals surface area contributed by atoms with Gasteiger partial charge in [0, 0.05) is 35.8 Å². The molecule has 1 heterocycles. The van der Waals surface area contributed by atoms with Crippen LogP contribution >= 0.6 is 0 Å². The smallest absolute Gasteiger partial charge is 0.416 e. The minimum absolute atomic E-state index is 0.0362. The summed E-state index contributed by atoms with van der Waals surface area (Å²) in [6, 6.07) is 9.95. The van der Waals surface area contributed by atoms with E-state index in [0.29, 0.717) is 34.8 Å². The summed E-state index contributed by atoms with van der Waals surface area (Å²) in [6.45, 7) is 4.47. The van der Waals surface area contributed by atoms with E-state index >= 15 is 0 Å². The van der Waals surface area contributed by atoms with Gasteiger partial charge in [0.1, 0.15) is 5.75 Å². The molecule has 0 atom stereocenters. The van der Waals surface area contributed by atoms with E-state index < -0.39 is 17.6 Å². The standard InChI is InChI=1S/C26H29F3N6O2/c1-4-32-12-17-7-20(26(27,28)29)11-21(8-17)34-25(36)18-6-5-16(2)24(10-18)35(31)15-23(30)19-9-22(37-3)14-33-13-19/h5-11,13-15,32H,4,12,30-31H2,1-3H3,(H,34,36)/b23-15-. The summed E-state index contributed by atoms with van der Waals surface area (Å²) in [6.07, 6.45) is 0.0127. The number of carbonyl (C=O) groups excluding carboxylic acids is 1. The molecular weight excluding hydrogens is 485 g/mol. The lowest BCUT2D eigenvalue weighted by molar-refractivity contribution is -0.137. The number of methoxy groups -OCH3 is 1. The van der Waals surface area contributed by atoms with E-state index in [1.54, 1.807) is 31.3 Å². The van der Waals surface area contributed by atoms with Crippen molar-refractivity contribution in [2.45, 2.75) is 26.6 Å². The molecule has 0 saturated heterocycles. The van der Waals surface area contributed by atoms with Gasteiger partial charge in [-0.25, -0.2) is 5.84 Å². The van der Waals surface area contributed by atoms with Crippen molar-refractivity contribution in [2.24, 2.45) is 11.6 Å². The van der Waals surface area contributed by atoms with E-state index in [0.717, 1.165) is 17.7 Å². The number of benzene rings is 2. The van der Waals surface area contributed by atoms with Crippen LogP contribution in [0.4, 0.5) is 24.5 Å². The molecule has 0 aliphatic rings.